The first kappa shape index (κ1) is 16.3. The monoisotopic (exact) mass is 280 g/mol. The van der Waals surface area contributed by atoms with Gasteiger partial charge in [-0.15, -0.1) is 0 Å². The maximum Gasteiger partial charge on any atom is 0.0224 e. The maximum atomic E-state index is 3.61. The van der Waals surface area contributed by atoms with Crippen LogP contribution < -0.4 is 5.32 Å². The molecule has 2 rings (SSSR count). The third kappa shape index (κ3) is 4.46. The highest BCUT2D eigenvalue weighted by molar-refractivity contribution is 4.85. The molecule has 0 spiro atoms. The summed E-state index contributed by atoms with van der Waals surface area (Å²) < 4.78 is 0. The molecule has 3 atom stereocenters. The Balaban J connectivity index is 1.94. The van der Waals surface area contributed by atoms with Crippen LogP contribution in [0.4, 0.5) is 0 Å². The Bertz CT molecular complexity index is 258. The topological polar surface area (TPSA) is 15.3 Å². The second-order valence-corrected chi connectivity index (χ2v) is 7.40. The molecule has 2 heteroatoms. The zero-order valence-electron chi connectivity index (χ0n) is 14.0. The van der Waals surface area contributed by atoms with E-state index in [1.54, 1.807) is 0 Å². The van der Waals surface area contributed by atoms with Crippen molar-refractivity contribution >= 4 is 0 Å². The highest BCUT2D eigenvalue weighted by atomic mass is 15.2. The van der Waals surface area contributed by atoms with Gasteiger partial charge in [0, 0.05) is 18.6 Å². The molecule has 2 nitrogen and oxygen atoms in total. The summed E-state index contributed by atoms with van der Waals surface area (Å²) in [5, 5.41) is 3.61. The average molecular weight is 280 g/mol. The van der Waals surface area contributed by atoms with Gasteiger partial charge in [-0.2, -0.15) is 0 Å². The number of nitrogens with one attached hydrogen (secondary N) is 1. The molecule has 1 saturated carbocycles. The second-order valence-electron chi connectivity index (χ2n) is 7.40. The summed E-state index contributed by atoms with van der Waals surface area (Å²) in [6.07, 6.45) is 11.4. The fourth-order valence-electron chi connectivity index (χ4n) is 4.35. The lowest BCUT2D eigenvalue weighted by atomic mass is 9.89. The molecule has 1 heterocycles. The summed E-state index contributed by atoms with van der Waals surface area (Å²) in [5.74, 6) is 1.86. The van der Waals surface area contributed by atoms with Crippen LogP contribution in [-0.4, -0.2) is 36.6 Å². The minimum atomic E-state index is 0.810. The number of hydrogen-bond donors (Lipinski definition) is 1. The van der Waals surface area contributed by atoms with Crippen LogP contribution in [0.25, 0.3) is 0 Å². The van der Waals surface area contributed by atoms with Crippen molar-refractivity contribution < 1.29 is 0 Å². The smallest absolute Gasteiger partial charge is 0.0224 e. The maximum absolute atomic E-state index is 3.61. The van der Waals surface area contributed by atoms with Crippen molar-refractivity contribution in [3.8, 4) is 0 Å². The first-order chi connectivity index (χ1) is 9.72. The van der Waals surface area contributed by atoms with E-state index in [1.165, 1.54) is 71.0 Å². The molecule has 2 fully saturated rings. The van der Waals surface area contributed by atoms with E-state index in [0.717, 1.165) is 23.9 Å². The normalized spacial score (nSPS) is 32.5. The summed E-state index contributed by atoms with van der Waals surface area (Å²) in [6.45, 7) is 10.9. The van der Waals surface area contributed by atoms with Crippen LogP contribution in [0, 0.1) is 11.8 Å². The van der Waals surface area contributed by atoms with Crippen LogP contribution >= 0.6 is 0 Å². The van der Waals surface area contributed by atoms with Gasteiger partial charge in [0.15, 0.2) is 0 Å². The molecule has 1 aliphatic carbocycles. The second kappa shape index (κ2) is 8.38. The fourth-order valence-corrected chi connectivity index (χ4v) is 4.35. The van der Waals surface area contributed by atoms with Crippen LogP contribution in [0.3, 0.4) is 0 Å². The molecule has 0 aromatic heterocycles. The Hall–Kier alpha value is -0.0800. The Morgan fingerprint density at radius 3 is 2.45 bits per heavy atom. The molecular weight excluding hydrogens is 244 g/mol. The van der Waals surface area contributed by atoms with E-state index in [9.17, 15) is 0 Å². The van der Waals surface area contributed by atoms with Gasteiger partial charge in [0.25, 0.3) is 0 Å². The average Bonchev–Trinajstić information content (AvgIpc) is 2.71. The Labute approximate surface area is 126 Å². The van der Waals surface area contributed by atoms with E-state index in [-0.39, 0.29) is 0 Å². The van der Waals surface area contributed by atoms with Crippen LogP contribution in [0.5, 0.6) is 0 Å². The molecule has 3 unspecified atom stereocenters. The van der Waals surface area contributed by atoms with E-state index >= 15 is 0 Å². The SMILES string of the molecule is CCCN(C1CCCC(C(C)C)CC1)C1CCCNC1. The van der Waals surface area contributed by atoms with Crippen molar-refractivity contribution in [1.82, 2.24) is 10.2 Å². The molecular formula is C18H36N2. The van der Waals surface area contributed by atoms with Crippen molar-refractivity contribution in [3.63, 3.8) is 0 Å². The zero-order chi connectivity index (χ0) is 14.4. The predicted octanol–water partition coefficient (Wildman–Crippen LogP) is 4.06. The van der Waals surface area contributed by atoms with Crippen molar-refractivity contribution in [3.05, 3.63) is 0 Å². The van der Waals surface area contributed by atoms with Crippen molar-refractivity contribution in [2.24, 2.45) is 11.8 Å². The minimum Gasteiger partial charge on any atom is -0.315 e. The largest absolute Gasteiger partial charge is 0.315 e. The number of piperidine rings is 1. The van der Waals surface area contributed by atoms with Gasteiger partial charge in [0.1, 0.15) is 0 Å². The van der Waals surface area contributed by atoms with Gasteiger partial charge in [-0.05, 0) is 63.5 Å². The summed E-state index contributed by atoms with van der Waals surface area (Å²) >= 11 is 0. The van der Waals surface area contributed by atoms with Crippen molar-refractivity contribution in [2.45, 2.75) is 84.2 Å². The molecule has 0 aromatic rings. The Morgan fingerprint density at radius 2 is 1.80 bits per heavy atom. The Kier molecular flexibility index (Phi) is 6.83. The van der Waals surface area contributed by atoms with Gasteiger partial charge >= 0.3 is 0 Å². The predicted molar refractivity (Wildman–Crippen MR) is 88.1 cm³/mol. The number of nitrogens with zero attached hydrogens (tertiary/aromatic N) is 1. The fraction of sp³-hybridized carbons (Fsp3) is 1.00. The summed E-state index contributed by atoms with van der Waals surface area (Å²) in [5.41, 5.74) is 0. The summed E-state index contributed by atoms with van der Waals surface area (Å²) in [7, 11) is 0. The van der Waals surface area contributed by atoms with Crippen LogP contribution in [0.1, 0.15) is 72.1 Å². The zero-order valence-corrected chi connectivity index (χ0v) is 14.0. The van der Waals surface area contributed by atoms with Crippen molar-refractivity contribution in [2.75, 3.05) is 19.6 Å². The number of hydrogen-bond acceptors (Lipinski definition) is 2. The third-order valence-electron chi connectivity index (χ3n) is 5.62. The molecule has 1 aliphatic heterocycles. The molecule has 1 N–H and O–H groups in total. The molecule has 0 radical (unpaired) electrons. The van der Waals surface area contributed by atoms with E-state index in [0.29, 0.717) is 0 Å². The van der Waals surface area contributed by atoms with Crippen LogP contribution in [0.15, 0.2) is 0 Å². The van der Waals surface area contributed by atoms with Gasteiger partial charge in [0.2, 0.25) is 0 Å². The van der Waals surface area contributed by atoms with Gasteiger partial charge in [-0.3, -0.25) is 4.90 Å². The lowest BCUT2D eigenvalue weighted by Crippen LogP contribution is -2.50. The highest BCUT2D eigenvalue weighted by Gasteiger charge is 2.29. The summed E-state index contributed by atoms with van der Waals surface area (Å²) in [4.78, 5) is 2.88. The Morgan fingerprint density at radius 1 is 1.00 bits per heavy atom. The molecule has 0 amide bonds. The van der Waals surface area contributed by atoms with Gasteiger partial charge in [0.05, 0.1) is 0 Å². The van der Waals surface area contributed by atoms with Crippen molar-refractivity contribution in [1.29, 1.82) is 0 Å². The molecule has 20 heavy (non-hydrogen) atoms. The van der Waals surface area contributed by atoms with Crippen LogP contribution in [-0.2, 0) is 0 Å². The lowest BCUT2D eigenvalue weighted by Gasteiger charge is -2.40. The first-order valence-electron chi connectivity index (χ1n) is 9.18. The molecule has 0 aromatic carbocycles. The first-order valence-corrected chi connectivity index (χ1v) is 9.18. The number of rotatable bonds is 5. The van der Waals surface area contributed by atoms with E-state index < -0.39 is 0 Å². The standard InChI is InChI=1S/C18H36N2/c1-4-13-20(18-9-6-12-19-14-18)17-8-5-7-16(10-11-17)15(2)3/h15-19H,4-14H2,1-3H3. The molecule has 1 saturated heterocycles. The van der Waals surface area contributed by atoms with E-state index in [4.69, 9.17) is 0 Å². The molecule has 2 aliphatic rings. The quantitative estimate of drug-likeness (QED) is 0.764. The third-order valence-corrected chi connectivity index (χ3v) is 5.62. The van der Waals surface area contributed by atoms with Crippen LogP contribution in [0.2, 0.25) is 0 Å². The van der Waals surface area contributed by atoms with Gasteiger partial charge in [-0.25, -0.2) is 0 Å². The van der Waals surface area contributed by atoms with Gasteiger partial charge in [-0.1, -0.05) is 33.6 Å². The van der Waals surface area contributed by atoms with E-state index in [2.05, 4.69) is 31.0 Å². The highest BCUT2D eigenvalue weighted by Crippen LogP contribution is 2.32. The minimum absolute atomic E-state index is 0.810. The lowest BCUT2D eigenvalue weighted by molar-refractivity contribution is 0.100. The summed E-state index contributed by atoms with van der Waals surface area (Å²) in [6, 6.07) is 1.67. The van der Waals surface area contributed by atoms with Gasteiger partial charge < -0.3 is 5.32 Å². The molecule has 0 bridgehead atoms. The van der Waals surface area contributed by atoms with E-state index in [1.807, 2.05) is 0 Å². The molecule has 118 valence electrons.